The number of nitrogens with one attached hydrogen (secondary N) is 1. The fourth-order valence-electron chi connectivity index (χ4n) is 3.79. The Morgan fingerprint density at radius 1 is 0.906 bits per heavy atom. The highest BCUT2D eigenvalue weighted by atomic mass is 127. The van der Waals surface area contributed by atoms with Crippen LogP contribution in [-0.4, -0.2) is 27.0 Å². The lowest BCUT2D eigenvalue weighted by Crippen LogP contribution is -2.26. The van der Waals surface area contributed by atoms with Crippen LogP contribution in [0.15, 0.2) is 78.9 Å². The number of fused-ring (bicyclic) bond motifs is 2. The molecule has 0 aliphatic rings. The van der Waals surface area contributed by atoms with Gasteiger partial charge in [-0.1, -0.05) is 42.5 Å². The molecule has 32 heavy (non-hydrogen) atoms. The average Bonchev–Trinajstić information content (AvgIpc) is 3.09. The van der Waals surface area contributed by atoms with E-state index in [1.165, 1.54) is 0 Å². The molecule has 0 fully saturated rings. The molecule has 0 spiro atoms. The molecule has 1 amide bonds. The molecule has 5 aromatic rings. The van der Waals surface area contributed by atoms with Crippen LogP contribution in [0.5, 0.6) is 0 Å². The maximum atomic E-state index is 13.2. The normalized spacial score (nSPS) is 11.2. The molecule has 0 atom stereocenters. The summed E-state index contributed by atoms with van der Waals surface area (Å²) in [7, 11) is 0. The van der Waals surface area contributed by atoms with Crippen LogP contribution in [0.2, 0.25) is 0 Å². The minimum Gasteiger partial charge on any atom is -0.384 e. The molecule has 7 heteroatoms. The summed E-state index contributed by atoms with van der Waals surface area (Å²) in [6.45, 7) is 0.500. The highest BCUT2D eigenvalue weighted by Crippen LogP contribution is 2.31. The summed E-state index contributed by atoms with van der Waals surface area (Å²) in [6, 6.07) is 25.6. The average molecular weight is 533 g/mol. The van der Waals surface area contributed by atoms with Crippen molar-refractivity contribution in [3.05, 3.63) is 93.6 Å². The van der Waals surface area contributed by atoms with Gasteiger partial charge >= 0.3 is 0 Å². The maximum absolute atomic E-state index is 13.2. The number of hydrogen-bond acceptors (Lipinski definition) is 4. The lowest BCUT2D eigenvalue weighted by molar-refractivity contribution is 0.0956. The number of aromatic nitrogens is 3. The zero-order chi connectivity index (χ0) is 22.1. The predicted molar refractivity (Wildman–Crippen MR) is 136 cm³/mol. The fraction of sp³-hybridized carbons (Fsp3) is 0.0800. The summed E-state index contributed by atoms with van der Waals surface area (Å²) in [6.07, 6.45) is 0.733. The van der Waals surface area contributed by atoms with E-state index >= 15 is 0 Å². The van der Waals surface area contributed by atoms with Gasteiger partial charge in [-0.05, 0) is 71.0 Å². The van der Waals surface area contributed by atoms with Gasteiger partial charge in [-0.2, -0.15) is 0 Å². The van der Waals surface area contributed by atoms with E-state index in [4.69, 9.17) is 15.7 Å². The lowest BCUT2D eigenvalue weighted by atomic mass is 10.1. The quantitative estimate of drug-likeness (QED) is 0.320. The van der Waals surface area contributed by atoms with E-state index in [1.807, 2.05) is 78.9 Å². The van der Waals surface area contributed by atoms with E-state index in [1.54, 1.807) is 4.57 Å². The number of nitrogens with zero attached hydrogens (tertiary/aromatic N) is 3. The van der Waals surface area contributed by atoms with Crippen molar-refractivity contribution < 1.29 is 4.79 Å². The molecule has 2 heterocycles. The minimum absolute atomic E-state index is 0.253. The largest absolute Gasteiger partial charge is 0.384 e. The number of amides is 1. The number of anilines is 1. The molecule has 0 saturated carbocycles. The Morgan fingerprint density at radius 2 is 1.56 bits per heavy atom. The molecule has 0 aliphatic heterocycles. The molecule has 3 N–H and O–H groups in total. The van der Waals surface area contributed by atoms with Gasteiger partial charge in [-0.25, -0.2) is 9.97 Å². The van der Waals surface area contributed by atoms with E-state index in [-0.39, 0.29) is 5.91 Å². The van der Waals surface area contributed by atoms with Crippen LogP contribution in [-0.2, 0) is 6.42 Å². The molecule has 0 aliphatic carbocycles. The topological polar surface area (TPSA) is 85.8 Å². The van der Waals surface area contributed by atoms with Gasteiger partial charge in [0.15, 0.2) is 5.65 Å². The number of nitrogens with two attached hydrogens (primary N) is 1. The van der Waals surface area contributed by atoms with Crippen LogP contribution in [0, 0.1) is 3.57 Å². The second-order valence-electron chi connectivity index (χ2n) is 7.45. The van der Waals surface area contributed by atoms with Gasteiger partial charge in [0.2, 0.25) is 0 Å². The number of nitrogen functional groups attached to an aromatic ring is 1. The van der Waals surface area contributed by atoms with Gasteiger partial charge in [0.25, 0.3) is 5.91 Å². The second-order valence-corrected chi connectivity index (χ2v) is 8.69. The minimum atomic E-state index is -0.253. The molecule has 2 aromatic heterocycles. The van der Waals surface area contributed by atoms with E-state index in [0.29, 0.717) is 29.1 Å². The Bertz CT molecular complexity index is 1430. The molecule has 0 unspecified atom stereocenters. The summed E-state index contributed by atoms with van der Waals surface area (Å²) in [5, 5.41) is 3.00. The monoisotopic (exact) mass is 533 g/mol. The first kappa shape index (κ1) is 20.4. The van der Waals surface area contributed by atoms with Gasteiger partial charge < -0.3 is 11.1 Å². The summed E-state index contributed by atoms with van der Waals surface area (Å²) in [4.78, 5) is 22.8. The number of benzene rings is 3. The molecule has 3 aromatic carbocycles. The van der Waals surface area contributed by atoms with Crippen molar-refractivity contribution in [2.75, 3.05) is 12.3 Å². The Balaban J connectivity index is 1.59. The Hall–Kier alpha value is -3.46. The number of carbonyl (C=O) groups is 1. The zero-order valence-corrected chi connectivity index (χ0v) is 19.3. The molecule has 6 nitrogen and oxygen atoms in total. The molecule has 158 valence electrons. The molecular formula is C25H20IN5O. The first-order chi connectivity index (χ1) is 15.6. The van der Waals surface area contributed by atoms with Gasteiger partial charge in [-0.15, -0.1) is 0 Å². The number of halogens is 1. The first-order valence-electron chi connectivity index (χ1n) is 10.3. The molecule has 0 saturated heterocycles. The fourth-order valence-corrected chi connectivity index (χ4v) is 4.15. The van der Waals surface area contributed by atoms with Crippen LogP contribution in [0.25, 0.3) is 27.9 Å². The van der Waals surface area contributed by atoms with Crippen molar-refractivity contribution in [3.8, 4) is 5.69 Å². The van der Waals surface area contributed by atoms with E-state index < -0.39 is 0 Å². The smallest absolute Gasteiger partial charge is 0.257 e. The summed E-state index contributed by atoms with van der Waals surface area (Å²) < 4.78 is 2.91. The van der Waals surface area contributed by atoms with Crippen molar-refractivity contribution in [1.29, 1.82) is 0 Å². The van der Waals surface area contributed by atoms with Crippen LogP contribution in [0.3, 0.4) is 0 Å². The Morgan fingerprint density at radius 3 is 2.28 bits per heavy atom. The predicted octanol–water partition coefficient (Wildman–Crippen LogP) is 4.73. The standard InChI is InChI=1S/C25H20IN5O/c26-17-10-12-18(13-11-17)31-23(27)21(25(32)28-15-14-16-6-2-1-3-7-16)22-24(31)30-20-9-5-4-8-19(20)29-22/h1-13H,14-15,27H2,(H,28,32). The van der Waals surface area contributed by atoms with Crippen LogP contribution in [0.1, 0.15) is 15.9 Å². The van der Waals surface area contributed by atoms with Gasteiger partial charge in [0.05, 0.1) is 11.0 Å². The van der Waals surface area contributed by atoms with Crippen LogP contribution < -0.4 is 11.1 Å². The molecular weight excluding hydrogens is 513 g/mol. The lowest BCUT2D eigenvalue weighted by Gasteiger charge is -2.08. The van der Waals surface area contributed by atoms with Crippen molar-refractivity contribution >= 4 is 56.5 Å². The SMILES string of the molecule is Nc1c(C(=O)NCCc2ccccc2)c2nc3ccccc3nc2n1-c1ccc(I)cc1. The highest BCUT2D eigenvalue weighted by Gasteiger charge is 2.24. The second kappa shape index (κ2) is 8.58. The first-order valence-corrected chi connectivity index (χ1v) is 11.3. The van der Waals surface area contributed by atoms with Crippen molar-refractivity contribution in [2.45, 2.75) is 6.42 Å². The number of para-hydroxylation sites is 2. The third-order valence-electron chi connectivity index (χ3n) is 5.35. The summed E-state index contributed by atoms with van der Waals surface area (Å²) in [5.74, 6) is 0.0750. The third kappa shape index (κ3) is 3.80. The summed E-state index contributed by atoms with van der Waals surface area (Å²) in [5.41, 5.74) is 11.4. The van der Waals surface area contributed by atoms with Crippen LogP contribution in [0.4, 0.5) is 5.82 Å². The maximum Gasteiger partial charge on any atom is 0.257 e. The van der Waals surface area contributed by atoms with Crippen molar-refractivity contribution in [1.82, 2.24) is 19.9 Å². The molecule has 0 radical (unpaired) electrons. The zero-order valence-electron chi connectivity index (χ0n) is 17.1. The van der Waals surface area contributed by atoms with Crippen molar-refractivity contribution in [2.24, 2.45) is 0 Å². The van der Waals surface area contributed by atoms with Crippen molar-refractivity contribution in [3.63, 3.8) is 0 Å². The number of rotatable bonds is 5. The summed E-state index contributed by atoms with van der Waals surface area (Å²) >= 11 is 2.26. The van der Waals surface area contributed by atoms with E-state index in [0.717, 1.165) is 32.3 Å². The third-order valence-corrected chi connectivity index (χ3v) is 6.07. The van der Waals surface area contributed by atoms with E-state index in [9.17, 15) is 4.79 Å². The highest BCUT2D eigenvalue weighted by molar-refractivity contribution is 14.1. The number of carbonyl (C=O) groups excluding carboxylic acids is 1. The Kier molecular flexibility index (Phi) is 5.48. The van der Waals surface area contributed by atoms with Crippen LogP contribution >= 0.6 is 22.6 Å². The number of hydrogen-bond donors (Lipinski definition) is 2. The Labute approximate surface area is 198 Å². The van der Waals surface area contributed by atoms with Gasteiger partial charge in [0.1, 0.15) is 16.9 Å². The van der Waals surface area contributed by atoms with Gasteiger partial charge in [0, 0.05) is 15.8 Å². The molecule has 0 bridgehead atoms. The van der Waals surface area contributed by atoms with E-state index in [2.05, 4.69) is 27.9 Å². The van der Waals surface area contributed by atoms with Gasteiger partial charge in [-0.3, -0.25) is 9.36 Å². The molecule has 5 rings (SSSR count).